The standard InChI is InChI=1S/C24H32N6O.C18H20N4O/c1-27-15-29(3,4)13-19-11-17(7-9-21(19)27)23-25-26-24(31-23)18-8-10-22-20(12-18)14-30(5,6)16-28(22)2;1-21(2)15-9-5-13(6-10-15)17-19-20-18(23-17)14-7-11-16(12-8-14)22(3)4/h7-12H,13-16H2,1-6H3;5-12H,1-4H3/q+2;. The number of hydrogen-bond donors (Lipinski definition) is 0. The Kier molecular flexibility index (Phi) is 9.67. The Morgan fingerprint density at radius 3 is 1.13 bits per heavy atom. The normalized spacial score (nSPS) is 15.5. The van der Waals surface area contributed by atoms with Crippen LogP contribution in [0.15, 0.2) is 93.8 Å². The van der Waals surface area contributed by atoms with Crippen molar-refractivity contribution in [3.63, 3.8) is 0 Å². The third-order valence-electron chi connectivity index (χ3n) is 9.97. The van der Waals surface area contributed by atoms with Gasteiger partial charge in [0, 0.05) is 98.4 Å². The Balaban J connectivity index is 0.000000175. The highest BCUT2D eigenvalue weighted by atomic mass is 16.4. The van der Waals surface area contributed by atoms with E-state index < -0.39 is 0 Å². The SMILES string of the molecule is CN(C)c1ccc(-c2nnc(-c3ccc(N(C)C)cc3)o2)cc1.CN1C[N+](C)(C)Cc2cc(-c3nnc(-c4ccc5c(c4)C[N+](C)(C)CN5C)o3)ccc21. The summed E-state index contributed by atoms with van der Waals surface area (Å²) in [5.41, 5.74) is 11.2. The molecule has 2 aromatic heterocycles. The molecule has 0 fully saturated rings. The number of quaternary nitrogens is 2. The van der Waals surface area contributed by atoms with E-state index in [4.69, 9.17) is 8.83 Å². The second-order valence-corrected chi connectivity index (χ2v) is 16.3. The maximum absolute atomic E-state index is 6.14. The highest BCUT2D eigenvalue weighted by molar-refractivity contribution is 5.67. The number of benzene rings is 4. The van der Waals surface area contributed by atoms with Crippen molar-refractivity contribution in [3.8, 4) is 45.8 Å². The summed E-state index contributed by atoms with van der Waals surface area (Å²) in [7, 11) is 21.4. The van der Waals surface area contributed by atoms with Crippen molar-refractivity contribution >= 4 is 22.7 Å². The molecule has 12 heteroatoms. The van der Waals surface area contributed by atoms with Crippen molar-refractivity contribution in [2.75, 3.05) is 103 Å². The first kappa shape index (κ1) is 36.6. The first-order chi connectivity index (χ1) is 25.6. The van der Waals surface area contributed by atoms with E-state index in [0.717, 1.165) is 69.0 Å². The van der Waals surface area contributed by atoms with Gasteiger partial charge in [-0.2, -0.15) is 0 Å². The zero-order valence-electron chi connectivity index (χ0n) is 33.2. The topological polar surface area (TPSA) is 90.8 Å². The molecule has 4 aromatic carbocycles. The molecule has 0 N–H and O–H groups in total. The zero-order chi connectivity index (χ0) is 38.4. The van der Waals surface area contributed by atoms with Crippen LogP contribution in [-0.4, -0.2) is 113 Å². The monoisotopic (exact) mass is 728 g/mol. The van der Waals surface area contributed by atoms with Crippen LogP contribution in [0.25, 0.3) is 45.8 Å². The van der Waals surface area contributed by atoms with Gasteiger partial charge in [0.2, 0.25) is 23.6 Å². The molecule has 0 saturated carbocycles. The fourth-order valence-corrected chi connectivity index (χ4v) is 7.48. The van der Waals surface area contributed by atoms with Gasteiger partial charge in [0.25, 0.3) is 0 Å². The molecule has 0 unspecified atom stereocenters. The molecule has 2 aliphatic rings. The van der Waals surface area contributed by atoms with E-state index in [1.165, 1.54) is 22.5 Å². The van der Waals surface area contributed by atoms with E-state index in [1.807, 2.05) is 76.7 Å². The molecule has 0 spiro atoms. The minimum Gasteiger partial charge on any atom is -0.416 e. The van der Waals surface area contributed by atoms with Crippen LogP contribution in [-0.2, 0) is 13.1 Å². The van der Waals surface area contributed by atoms with E-state index in [9.17, 15) is 0 Å². The molecule has 0 atom stereocenters. The summed E-state index contributed by atoms with van der Waals surface area (Å²) in [4.78, 5) is 8.72. The summed E-state index contributed by atoms with van der Waals surface area (Å²) in [6, 6.07) is 29.0. The minimum absolute atomic E-state index is 0.530. The van der Waals surface area contributed by atoms with Crippen LogP contribution < -0.4 is 19.6 Å². The fourth-order valence-electron chi connectivity index (χ4n) is 7.48. The summed E-state index contributed by atoms with van der Waals surface area (Å²) in [5.74, 6) is 2.20. The summed E-state index contributed by atoms with van der Waals surface area (Å²) in [5, 5.41) is 17.1. The molecule has 54 heavy (non-hydrogen) atoms. The van der Waals surface area contributed by atoms with Gasteiger partial charge in [-0.15, -0.1) is 20.4 Å². The molecule has 280 valence electrons. The maximum Gasteiger partial charge on any atom is 0.248 e. The number of rotatable bonds is 6. The Bertz CT molecular complexity index is 2080. The molecule has 0 saturated heterocycles. The molecule has 0 bridgehead atoms. The molecule has 2 aliphatic heterocycles. The van der Waals surface area contributed by atoms with Gasteiger partial charge in [0.15, 0.2) is 13.3 Å². The molecule has 8 rings (SSSR count). The lowest BCUT2D eigenvalue weighted by Gasteiger charge is -2.40. The molecular formula is C42H52N10O2+2. The Hall–Kier alpha value is -5.72. The third-order valence-corrected chi connectivity index (χ3v) is 9.97. The van der Waals surface area contributed by atoms with E-state index in [2.05, 4.69) is 119 Å². The van der Waals surface area contributed by atoms with E-state index in [0.29, 0.717) is 23.6 Å². The average molecular weight is 729 g/mol. The number of aromatic nitrogens is 4. The fraction of sp³-hybridized carbons (Fsp3) is 0.333. The Morgan fingerprint density at radius 1 is 0.481 bits per heavy atom. The van der Waals surface area contributed by atoms with Gasteiger partial charge < -0.3 is 37.4 Å². The molecule has 0 aliphatic carbocycles. The number of nitrogens with zero attached hydrogens (tertiary/aromatic N) is 10. The quantitative estimate of drug-likeness (QED) is 0.169. The van der Waals surface area contributed by atoms with Gasteiger partial charge >= 0.3 is 0 Å². The number of fused-ring (bicyclic) bond motifs is 2. The van der Waals surface area contributed by atoms with Crippen LogP contribution >= 0.6 is 0 Å². The van der Waals surface area contributed by atoms with Gasteiger partial charge in [-0.25, -0.2) is 0 Å². The summed E-state index contributed by atoms with van der Waals surface area (Å²) in [6.45, 7) is 3.97. The largest absolute Gasteiger partial charge is 0.416 e. The lowest BCUT2D eigenvalue weighted by molar-refractivity contribution is -0.904. The van der Waals surface area contributed by atoms with Crippen LogP contribution in [0.5, 0.6) is 0 Å². The highest BCUT2D eigenvalue weighted by Gasteiger charge is 2.30. The van der Waals surface area contributed by atoms with Crippen LogP contribution in [0.1, 0.15) is 11.1 Å². The zero-order valence-corrected chi connectivity index (χ0v) is 33.2. The van der Waals surface area contributed by atoms with Gasteiger partial charge in [-0.1, -0.05) is 0 Å². The Labute approximate surface area is 318 Å². The van der Waals surface area contributed by atoms with Crippen LogP contribution in [0.3, 0.4) is 0 Å². The van der Waals surface area contributed by atoms with Crippen LogP contribution in [0.4, 0.5) is 22.7 Å². The van der Waals surface area contributed by atoms with E-state index in [-0.39, 0.29) is 0 Å². The van der Waals surface area contributed by atoms with Crippen molar-refractivity contribution in [2.45, 2.75) is 13.1 Å². The Morgan fingerprint density at radius 2 is 0.796 bits per heavy atom. The van der Waals surface area contributed by atoms with Crippen molar-refractivity contribution in [1.29, 1.82) is 0 Å². The van der Waals surface area contributed by atoms with Crippen molar-refractivity contribution in [3.05, 3.63) is 96.1 Å². The predicted molar refractivity (Wildman–Crippen MR) is 217 cm³/mol. The lowest BCUT2D eigenvalue weighted by atomic mass is 10.0. The van der Waals surface area contributed by atoms with Crippen LogP contribution in [0.2, 0.25) is 0 Å². The molecule has 6 aromatic rings. The molecule has 0 amide bonds. The van der Waals surface area contributed by atoms with Crippen molar-refractivity contribution < 1.29 is 17.8 Å². The first-order valence-corrected chi connectivity index (χ1v) is 18.2. The van der Waals surface area contributed by atoms with Gasteiger partial charge in [0.1, 0.15) is 13.1 Å². The number of hydrogen-bond acceptors (Lipinski definition) is 10. The summed E-state index contributed by atoms with van der Waals surface area (Å²) >= 11 is 0. The maximum atomic E-state index is 6.14. The van der Waals surface area contributed by atoms with Crippen molar-refractivity contribution in [2.24, 2.45) is 0 Å². The van der Waals surface area contributed by atoms with E-state index in [1.54, 1.807) is 0 Å². The molecule has 0 radical (unpaired) electrons. The van der Waals surface area contributed by atoms with Gasteiger partial charge in [-0.3, -0.25) is 0 Å². The molecule has 12 nitrogen and oxygen atoms in total. The lowest BCUT2D eigenvalue weighted by Crippen LogP contribution is -2.50. The third kappa shape index (κ3) is 7.80. The summed E-state index contributed by atoms with van der Waals surface area (Å²) < 4.78 is 13.8. The average Bonchev–Trinajstić information content (AvgIpc) is 3.82. The van der Waals surface area contributed by atoms with Crippen molar-refractivity contribution in [1.82, 2.24) is 20.4 Å². The smallest absolute Gasteiger partial charge is 0.248 e. The second kappa shape index (κ2) is 14.3. The molecular weight excluding hydrogens is 677 g/mol. The van der Waals surface area contributed by atoms with E-state index >= 15 is 0 Å². The van der Waals surface area contributed by atoms with Gasteiger partial charge in [-0.05, 0) is 84.9 Å². The minimum atomic E-state index is 0.530. The number of anilines is 4. The second-order valence-electron chi connectivity index (χ2n) is 16.3. The summed E-state index contributed by atoms with van der Waals surface area (Å²) in [6.07, 6.45) is 0. The molecule has 4 heterocycles. The van der Waals surface area contributed by atoms with Crippen LogP contribution in [0, 0.1) is 0 Å². The predicted octanol–water partition coefficient (Wildman–Crippen LogP) is 6.91. The van der Waals surface area contributed by atoms with Gasteiger partial charge in [0.05, 0.1) is 28.2 Å². The first-order valence-electron chi connectivity index (χ1n) is 18.2. The highest BCUT2D eigenvalue weighted by Crippen LogP contribution is 2.35.